The lowest BCUT2D eigenvalue weighted by Crippen LogP contribution is -2.48. The van der Waals surface area contributed by atoms with Gasteiger partial charge < -0.3 is 14.1 Å². The van der Waals surface area contributed by atoms with Gasteiger partial charge in [0.1, 0.15) is 6.07 Å². The first-order valence-corrected chi connectivity index (χ1v) is 10.6. The van der Waals surface area contributed by atoms with Crippen LogP contribution < -0.4 is 4.90 Å². The number of rotatable bonds is 4. The molecule has 2 aliphatic rings. The summed E-state index contributed by atoms with van der Waals surface area (Å²) in [7, 11) is 0. The molecule has 4 heterocycles. The predicted octanol–water partition coefficient (Wildman–Crippen LogP) is 3.60. The van der Waals surface area contributed by atoms with Crippen LogP contribution in [0.4, 0.5) is 5.88 Å². The highest BCUT2D eigenvalue weighted by atomic mass is 32.1. The summed E-state index contributed by atoms with van der Waals surface area (Å²) in [6.07, 6.45) is 2.86. The van der Waals surface area contributed by atoms with Gasteiger partial charge in [-0.15, -0.1) is 11.3 Å². The lowest BCUT2D eigenvalue weighted by atomic mass is 9.95. The first-order chi connectivity index (χ1) is 13.1. The zero-order chi connectivity index (χ0) is 18.8. The Hall–Kier alpha value is -1.88. The summed E-state index contributed by atoms with van der Waals surface area (Å²) in [5, 5.41) is 11.5. The van der Waals surface area contributed by atoms with Gasteiger partial charge in [0.2, 0.25) is 17.5 Å². The average Bonchev–Trinajstić information content (AvgIpc) is 3.31. The van der Waals surface area contributed by atoms with E-state index in [2.05, 4.69) is 34.7 Å². The van der Waals surface area contributed by atoms with E-state index in [1.165, 1.54) is 0 Å². The molecule has 2 atom stereocenters. The number of nitriles is 1. The summed E-state index contributed by atoms with van der Waals surface area (Å²) >= 11 is 1.58. The molecular formula is C20H26N4O2S. The van der Waals surface area contributed by atoms with Gasteiger partial charge in [-0.1, -0.05) is 6.07 Å². The number of morpholine rings is 1. The minimum atomic E-state index is 0.317. The van der Waals surface area contributed by atoms with Gasteiger partial charge in [-0.3, -0.25) is 4.90 Å². The highest BCUT2D eigenvalue weighted by Gasteiger charge is 2.29. The number of ether oxygens (including phenoxy) is 1. The van der Waals surface area contributed by atoms with Crippen LogP contribution >= 0.6 is 11.3 Å². The van der Waals surface area contributed by atoms with Crippen molar-refractivity contribution in [2.75, 3.05) is 37.6 Å². The molecule has 4 rings (SSSR count). The van der Waals surface area contributed by atoms with Crippen LogP contribution in [0.15, 0.2) is 21.9 Å². The van der Waals surface area contributed by atoms with Crippen molar-refractivity contribution in [3.8, 4) is 16.8 Å². The molecule has 2 aromatic rings. The van der Waals surface area contributed by atoms with Gasteiger partial charge in [0.15, 0.2) is 0 Å². The third-order valence-electron chi connectivity index (χ3n) is 5.36. The molecule has 27 heavy (non-hydrogen) atoms. The molecule has 2 unspecified atom stereocenters. The second kappa shape index (κ2) is 8.01. The second-order valence-electron chi connectivity index (χ2n) is 7.67. The van der Waals surface area contributed by atoms with Crippen LogP contribution in [0.25, 0.3) is 10.8 Å². The van der Waals surface area contributed by atoms with Crippen LogP contribution in [-0.2, 0) is 4.74 Å². The molecule has 0 N–H and O–H groups in total. The van der Waals surface area contributed by atoms with Gasteiger partial charge in [-0.2, -0.15) is 10.2 Å². The fourth-order valence-corrected chi connectivity index (χ4v) is 4.87. The Morgan fingerprint density at radius 1 is 1.26 bits per heavy atom. The smallest absolute Gasteiger partial charge is 0.240 e. The van der Waals surface area contributed by atoms with Gasteiger partial charge >= 0.3 is 0 Å². The highest BCUT2D eigenvalue weighted by Crippen LogP contribution is 2.33. The van der Waals surface area contributed by atoms with Gasteiger partial charge in [-0.05, 0) is 44.1 Å². The standard InChI is InChI=1S/C20H26N4O2S/c1-14-11-23(12-15(2)25-14)13-16-5-7-24(8-6-16)20-17(10-21)22-19(26-20)18-4-3-9-27-18/h3-4,9,14-16H,5-8,11-13H2,1-2H3. The number of hydrogen-bond donors (Lipinski definition) is 0. The summed E-state index contributed by atoms with van der Waals surface area (Å²) in [5.74, 6) is 1.87. The van der Waals surface area contributed by atoms with E-state index < -0.39 is 0 Å². The third kappa shape index (κ3) is 4.18. The molecule has 0 spiro atoms. The molecule has 2 fully saturated rings. The number of thiophene rings is 1. The van der Waals surface area contributed by atoms with Crippen molar-refractivity contribution in [3.05, 3.63) is 23.2 Å². The number of piperidine rings is 1. The fourth-order valence-electron chi connectivity index (χ4n) is 4.22. The van der Waals surface area contributed by atoms with Crippen molar-refractivity contribution in [2.24, 2.45) is 5.92 Å². The zero-order valence-electron chi connectivity index (χ0n) is 15.9. The van der Waals surface area contributed by atoms with Crippen molar-refractivity contribution in [1.29, 1.82) is 5.26 Å². The van der Waals surface area contributed by atoms with E-state index >= 15 is 0 Å². The molecule has 2 aromatic heterocycles. The largest absolute Gasteiger partial charge is 0.418 e. The maximum atomic E-state index is 9.46. The SMILES string of the molecule is CC1CN(CC2CCN(c3oc(-c4cccs4)nc3C#N)CC2)CC(C)O1. The number of anilines is 1. The normalized spacial score (nSPS) is 24.9. The molecule has 2 saturated heterocycles. The van der Waals surface area contributed by atoms with E-state index in [4.69, 9.17) is 9.15 Å². The second-order valence-corrected chi connectivity index (χ2v) is 8.62. The van der Waals surface area contributed by atoms with Crippen molar-refractivity contribution >= 4 is 17.2 Å². The fraction of sp³-hybridized carbons (Fsp3) is 0.600. The van der Waals surface area contributed by atoms with Crippen LogP contribution in [0.5, 0.6) is 0 Å². The third-order valence-corrected chi connectivity index (χ3v) is 6.22. The van der Waals surface area contributed by atoms with Gasteiger partial charge in [-0.25, -0.2) is 0 Å². The first kappa shape index (κ1) is 18.5. The Morgan fingerprint density at radius 3 is 2.63 bits per heavy atom. The van der Waals surface area contributed by atoms with Crippen LogP contribution in [0.3, 0.4) is 0 Å². The predicted molar refractivity (Wildman–Crippen MR) is 106 cm³/mol. The Kier molecular flexibility index (Phi) is 5.48. The molecule has 144 valence electrons. The summed E-state index contributed by atoms with van der Waals surface area (Å²) in [5.41, 5.74) is 0.396. The van der Waals surface area contributed by atoms with E-state index in [0.717, 1.165) is 50.4 Å². The minimum Gasteiger partial charge on any atom is -0.418 e. The topological polar surface area (TPSA) is 65.5 Å². The minimum absolute atomic E-state index is 0.317. The molecule has 0 bridgehead atoms. The van der Waals surface area contributed by atoms with E-state index in [1.54, 1.807) is 11.3 Å². The van der Waals surface area contributed by atoms with E-state index in [0.29, 0.717) is 35.6 Å². The van der Waals surface area contributed by atoms with Gasteiger partial charge in [0, 0.05) is 32.7 Å². The van der Waals surface area contributed by atoms with Gasteiger partial charge in [0.05, 0.1) is 17.1 Å². The summed E-state index contributed by atoms with van der Waals surface area (Å²) < 4.78 is 11.8. The molecule has 0 aromatic carbocycles. The average molecular weight is 387 g/mol. The Morgan fingerprint density at radius 2 is 2.00 bits per heavy atom. The lowest BCUT2D eigenvalue weighted by Gasteiger charge is -2.39. The van der Waals surface area contributed by atoms with E-state index in [9.17, 15) is 5.26 Å². The van der Waals surface area contributed by atoms with Gasteiger partial charge in [0.25, 0.3) is 0 Å². The monoisotopic (exact) mass is 386 g/mol. The Bertz CT molecular complexity index is 780. The van der Waals surface area contributed by atoms with Crippen LogP contribution in [0, 0.1) is 17.2 Å². The molecule has 0 radical (unpaired) electrons. The number of nitrogens with zero attached hydrogens (tertiary/aromatic N) is 4. The van der Waals surface area contributed by atoms with Crippen molar-refractivity contribution in [3.63, 3.8) is 0 Å². The molecule has 2 aliphatic heterocycles. The Balaban J connectivity index is 1.37. The lowest BCUT2D eigenvalue weighted by molar-refractivity contribution is -0.0720. The summed E-state index contributed by atoms with van der Waals surface area (Å²) in [6, 6.07) is 6.14. The number of aromatic nitrogens is 1. The van der Waals surface area contributed by atoms with E-state index in [-0.39, 0.29) is 0 Å². The molecule has 0 aliphatic carbocycles. The molecule has 6 nitrogen and oxygen atoms in total. The Labute approximate surface area is 164 Å². The molecular weight excluding hydrogens is 360 g/mol. The van der Waals surface area contributed by atoms with Crippen molar-refractivity contribution in [2.45, 2.75) is 38.9 Å². The maximum absolute atomic E-state index is 9.46. The van der Waals surface area contributed by atoms with Crippen LogP contribution in [0.2, 0.25) is 0 Å². The highest BCUT2D eigenvalue weighted by molar-refractivity contribution is 7.13. The number of hydrogen-bond acceptors (Lipinski definition) is 7. The molecule has 7 heteroatoms. The van der Waals surface area contributed by atoms with Crippen LogP contribution in [0.1, 0.15) is 32.4 Å². The molecule has 0 saturated carbocycles. The van der Waals surface area contributed by atoms with E-state index in [1.807, 2.05) is 17.5 Å². The van der Waals surface area contributed by atoms with Crippen LogP contribution in [-0.4, -0.2) is 54.8 Å². The maximum Gasteiger partial charge on any atom is 0.240 e. The quantitative estimate of drug-likeness (QED) is 0.800. The zero-order valence-corrected chi connectivity index (χ0v) is 16.7. The summed E-state index contributed by atoms with van der Waals surface area (Å²) in [4.78, 5) is 10.1. The van der Waals surface area contributed by atoms with Crippen molar-refractivity contribution in [1.82, 2.24) is 9.88 Å². The van der Waals surface area contributed by atoms with Crippen molar-refractivity contribution < 1.29 is 9.15 Å². The first-order valence-electron chi connectivity index (χ1n) is 9.70. The number of oxazole rings is 1. The molecule has 0 amide bonds. The summed E-state index contributed by atoms with van der Waals surface area (Å²) in [6.45, 7) is 9.31.